The predicted octanol–water partition coefficient (Wildman–Crippen LogP) is 4.73. The van der Waals surface area contributed by atoms with Crippen molar-refractivity contribution in [2.24, 2.45) is 5.10 Å². The molecule has 0 atom stereocenters. The van der Waals surface area contributed by atoms with Crippen molar-refractivity contribution in [2.75, 3.05) is 30.3 Å². The Morgan fingerprint density at radius 2 is 1.47 bits per heavy atom. The van der Waals surface area contributed by atoms with E-state index in [1.807, 2.05) is 54.6 Å². The summed E-state index contributed by atoms with van der Waals surface area (Å²) in [4.78, 5) is 23.8. The number of ether oxygens (including phenoxy) is 2. The van der Waals surface area contributed by atoms with Crippen molar-refractivity contribution in [1.29, 1.82) is 0 Å². The van der Waals surface area contributed by atoms with Crippen LogP contribution in [0.25, 0.3) is 0 Å². The number of anilines is 5. The number of para-hydroxylation sites is 1. The molecule has 182 valence electrons. The summed E-state index contributed by atoms with van der Waals surface area (Å²) in [5, 5.41) is 21.5. The van der Waals surface area contributed by atoms with E-state index in [1.54, 1.807) is 7.11 Å². The van der Waals surface area contributed by atoms with Gasteiger partial charge in [0.2, 0.25) is 17.8 Å². The molecule has 1 heterocycles. The molecule has 1 aromatic heterocycles. The molecule has 4 rings (SSSR count). The van der Waals surface area contributed by atoms with E-state index < -0.39 is 4.92 Å². The van der Waals surface area contributed by atoms with Crippen molar-refractivity contribution in [3.63, 3.8) is 0 Å². The molecule has 0 bridgehead atoms. The number of hydrogen-bond donors (Lipinski definition) is 3. The number of aromatic nitrogens is 3. The Hall–Kier alpha value is -5.26. The van der Waals surface area contributed by atoms with Gasteiger partial charge in [0, 0.05) is 29.1 Å². The number of hydrazone groups is 1. The van der Waals surface area contributed by atoms with Gasteiger partial charge in [-0.25, -0.2) is 5.43 Å². The lowest BCUT2D eigenvalue weighted by molar-refractivity contribution is -0.384. The molecule has 0 aliphatic heterocycles. The first kappa shape index (κ1) is 23.9. The molecule has 0 aliphatic carbocycles. The molecule has 12 heteroatoms. The zero-order valence-corrected chi connectivity index (χ0v) is 19.4. The van der Waals surface area contributed by atoms with Gasteiger partial charge in [0.05, 0.1) is 25.4 Å². The van der Waals surface area contributed by atoms with Crippen LogP contribution in [0.2, 0.25) is 0 Å². The number of hydrogen-bond acceptors (Lipinski definition) is 11. The van der Waals surface area contributed by atoms with Crippen LogP contribution in [0, 0.1) is 10.1 Å². The Morgan fingerprint density at radius 1 is 0.833 bits per heavy atom. The Balaban J connectivity index is 1.60. The van der Waals surface area contributed by atoms with Crippen LogP contribution in [0.3, 0.4) is 0 Å². The number of non-ortho nitro benzene ring substituents is 1. The van der Waals surface area contributed by atoms with Gasteiger partial charge in [-0.2, -0.15) is 20.1 Å². The van der Waals surface area contributed by atoms with E-state index in [9.17, 15) is 10.1 Å². The summed E-state index contributed by atoms with van der Waals surface area (Å²) >= 11 is 0. The molecule has 4 aromatic rings. The normalized spacial score (nSPS) is 10.6. The number of nitro groups is 1. The van der Waals surface area contributed by atoms with Crippen molar-refractivity contribution in [2.45, 2.75) is 0 Å². The van der Waals surface area contributed by atoms with Gasteiger partial charge >= 0.3 is 0 Å². The second-order valence-electron chi connectivity index (χ2n) is 7.20. The maximum absolute atomic E-state index is 11.1. The third-order valence-corrected chi connectivity index (χ3v) is 4.80. The lowest BCUT2D eigenvalue weighted by Crippen LogP contribution is -2.07. The number of nitrogens with zero attached hydrogens (tertiary/aromatic N) is 5. The minimum absolute atomic E-state index is 0.0854. The maximum Gasteiger partial charge on any atom is 0.270 e. The van der Waals surface area contributed by atoms with Gasteiger partial charge < -0.3 is 20.1 Å². The largest absolute Gasteiger partial charge is 0.497 e. The number of nitro benzene ring substituents is 1. The van der Waals surface area contributed by atoms with Gasteiger partial charge in [0.15, 0.2) is 0 Å². The molecule has 0 amide bonds. The topological polar surface area (TPSA) is 149 Å². The Morgan fingerprint density at radius 3 is 2.08 bits per heavy atom. The molecule has 0 spiro atoms. The summed E-state index contributed by atoms with van der Waals surface area (Å²) in [6.45, 7) is 0. The van der Waals surface area contributed by atoms with Crippen LogP contribution >= 0.6 is 0 Å². The van der Waals surface area contributed by atoms with Crippen molar-refractivity contribution >= 4 is 41.1 Å². The first-order valence-electron chi connectivity index (χ1n) is 10.6. The standard InChI is InChI=1S/C24H22N8O4/c1-35-20-11-8-18(9-12-20)27-23-28-22(26-17-6-4-3-5-7-17)29-24(30-23)31-25-15-16-14-19(32(33)34)10-13-21(16)36-2/h3-15H,1-2H3,(H3,26,27,28,29,30,31)/b25-15+. The van der Waals surface area contributed by atoms with Crippen LogP contribution in [0.1, 0.15) is 5.56 Å². The van der Waals surface area contributed by atoms with Gasteiger partial charge in [0.25, 0.3) is 5.69 Å². The smallest absolute Gasteiger partial charge is 0.270 e. The number of methoxy groups -OCH3 is 2. The van der Waals surface area contributed by atoms with Crippen molar-refractivity contribution in [3.05, 3.63) is 88.5 Å². The lowest BCUT2D eigenvalue weighted by Gasteiger charge is -2.10. The minimum atomic E-state index is -0.491. The molecular weight excluding hydrogens is 464 g/mol. The minimum Gasteiger partial charge on any atom is -0.497 e. The quantitative estimate of drug-likeness (QED) is 0.163. The van der Waals surface area contributed by atoms with E-state index in [2.05, 4.69) is 36.1 Å². The van der Waals surface area contributed by atoms with E-state index in [0.717, 1.165) is 17.1 Å². The lowest BCUT2D eigenvalue weighted by atomic mass is 10.2. The molecule has 0 aliphatic rings. The van der Waals surface area contributed by atoms with E-state index in [1.165, 1.54) is 31.5 Å². The van der Waals surface area contributed by atoms with E-state index in [4.69, 9.17) is 9.47 Å². The summed E-state index contributed by atoms with van der Waals surface area (Å²) in [5.74, 6) is 1.82. The molecule has 0 radical (unpaired) electrons. The SMILES string of the molecule is COc1ccc(Nc2nc(N/N=C/c3cc([N+](=O)[O-])ccc3OC)nc(Nc3ccccc3)n2)cc1. The van der Waals surface area contributed by atoms with Crippen molar-refractivity contribution in [1.82, 2.24) is 15.0 Å². The highest BCUT2D eigenvalue weighted by atomic mass is 16.6. The molecule has 0 saturated heterocycles. The average molecular weight is 486 g/mol. The first-order valence-corrected chi connectivity index (χ1v) is 10.6. The summed E-state index contributed by atoms with van der Waals surface area (Å²) in [7, 11) is 3.06. The molecule has 36 heavy (non-hydrogen) atoms. The van der Waals surface area contributed by atoms with E-state index >= 15 is 0 Å². The first-order chi connectivity index (χ1) is 17.5. The van der Waals surface area contributed by atoms with Crippen LogP contribution in [-0.2, 0) is 0 Å². The maximum atomic E-state index is 11.1. The molecule has 0 unspecified atom stereocenters. The average Bonchev–Trinajstić information content (AvgIpc) is 2.89. The van der Waals surface area contributed by atoms with Crippen LogP contribution in [0.4, 0.5) is 34.9 Å². The molecule has 3 aromatic carbocycles. The van der Waals surface area contributed by atoms with Crippen LogP contribution in [-0.4, -0.2) is 40.3 Å². The summed E-state index contributed by atoms with van der Waals surface area (Å²) < 4.78 is 10.4. The van der Waals surface area contributed by atoms with Gasteiger partial charge in [0.1, 0.15) is 11.5 Å². The molecule has 0 saturated carbocycles. The zero-order chi connectivity index (χ0) is 25.3. The number of nitrogens with one attached hydrogen (secondary N) is 3. The van der Waals surface area contributed by atoms with Gasteiger partial charge in [-0.05, 0) is 42.5 Å². The Kier molecular flexibility index (Phi) is 7.46. The predicted molar refractivity (Wildman–Crippen MR) is 137 cm³/mol. The summed E-state index contributed by atoms with van der Waals surface area (Å²) in [6, 6.07) is 20.9. The third-order valence-electron chi connectivity index (χ3n) is 4.80. The third kappa shape index (κ3) is 6.20. The van der Waals surface area contributed by atoms with Gasteiger partial charge in [-0.1, -0.05) is 18.2 Å². The highest BCUT2D eigenvalue weighted by Crippen LogP contribution is 2.23. The Labute approximate surface area is 206 Å². The van der Waals surface area contributed by atoms with Crippen molar-refractivity contribution in [3.8, 4) is 11.5 Å². The fraction of sp³-hybridized carbons (Fsp3) is 0.0833. The molecular formula is C24H22N8O4. The summed E-state index contributed by atoms with van der Waals surface area (Å²) in [5.41, 5.74) is 4.60. The van der Waals surface area contributed by atoms with Gasteiger partial charge in [-0.3, -0.25) is 10.1 Å². The molecule has 3 N–H and O–H groups in total. The zero-order valence-electron chi connectivity index (χ0n) is 19.4. The monoisotopic (exact) mass is 486 g/mol. The second kappa shape index (κ2) is 11.2. The van der Waals surface area contributed by atoms with Crippen molar-refractivity contribution < 1.29 is 14.4 Å². The molecule has 0 fully saturated rings. The van der Waals surface area contributed by atoms with Crippen LogP contribution in [0.15, 0.2) is 77.9 Å². The number of rotatable bonds is 10. The number of benzene rings is 3. The van der Waals surface area contributed by atoms with E-state index in [0.29, 0.717) is 11.3 Å². The highest BCUT2D eigenvalue weighted by molar-refractivity contribution is 5.85. The second-order valence-corrected chi connectivity index (χ2v) is 7.20. The summed E-state index contributed by atoms with van der Waals surface area (Å²) in [6.07, 6.45) is 1.39. The van der Waals surface area contributed by atoms with Crippen LogP contribution < -0.4 is 25.5 Å². The Bertz CT molecular complexity index is 1360. The van der Waals surface area contributed by atoms with Gasteiger partial charge in [-0.15, -0.1) is 0 Å². The van der Waals surface area contributed by atoms with Crippen LogP contribution in [0.5, 0.6) is 11.5 Å². The van der Waals surface area contributed by atoms with E-state index in [-0.39, 0.29) is 23.5 Å². The highest BCUT2D eigenvalue weighted by Gasteiger charge is 2.11. The molecule has 12 nitrogen and oxygen atoms in total. The fourth-order valence-corrected chi connectivity index (χ4v) is 3.09. The fourth-order valence-electron chi connectivity index (χ4n) is 3.09.